The van der Waals surface area contributed by atoms with Crippen LogP contribution in [0.2, 0.25) is 0 Å². The van der Waals surface area contributed by atoms with E-state index >= 15 is 0 Å². The number of amides is 1. The Balaban J connectivity index is 1.66. The molecule has 0 saturated carbocycles. The summed E-state index contributed by atoms with van der Waals surface area (Å²) < 4.78 is 0. The van der Waals surface area contributed by atoms with Gasteiger partial charge in [0, 0.05) is 18.3 Å². The largest absolute Gasteiger partial charge is 0.376 e. The second-order valence-electron chi connectivity index (χ2n) is 4.80. The number of benzene rings is 1. The lowest BCUT2D eigenvalue weighted by Gasteiger charge is -2.19. The van der Waals surface area contributed by atoms with Crippen molar-refractivity contribution in [2.75, 3.05) is 32.0 Å². The number of carbonyl (C=O) groups is 1. The van der Waals surface area contributed by atoms with Crippen molar-refractivity contribution in [3.63, 3.8) is 0 Å². The van der Waals surface area contributed by atoms with Crippen molar-refractivity contribution in [3.05, 3.63) is 30.3 Å². The molecule has 98 valence electrons. The molecule has 1 fully saturated rings. The number of likely N-dealkylation sites (N-methyl/N-ethyl adjacent to an activating group) is 1. The standard InChI is InChI=1S/C14H21N3O/c1-17-9-5-8-13(17)10-16-14(18)11-15-12-6-3-2-4-7-12/h2-4,6-7,13,15H,5,8-11H2,1H3,(H,16,18). The number of carbonyl (C=O) groups excluding carboxylic acids is 1. The molecule has 1 aliphatic heterocycles. The molecule has 1 saturated heterocycles. The molecule has 0 bridgehead atoms. The van der Waals surface area contributed by atoms with Crippen molar-refractivity contribution in [1.82, 2.24) is 10.2 Å². The molecule has 2 N–H and O–H groups in total. The molecule has 0 aromatic heterocycles. The fraction of sp³-hybridized carbons (Fsp3) is 0.500. The monoisotopic (exact) mass is 247 g/mol. The van der Waals surface area contributed by atoms with E-state index in [1.54, 1.807) is 0 Å². The first-order valence-electron chi connectivity index (χ1n) is 6.51. The third-order valence-electron chi connectivity index (χ3n) is 3.43. The van der Waals surface area contributed by atoms with Crippen LogP contribution in [0.5, 0.6) is 0 Å². The zero-order valence-corrected chi connectivity index (χ0v) is 10.9. The number of para-hydroxylation sites is 1. The molecule has 1 amide bonds. The minimum Gasteiger partial charge on any atom is -0.376 e. The van der Waals surface area contributed by atoms with Crippen molar-refractivity contribution < 1.29 is 4.79 Å². The molecule has 1 aromatic carbocycles. The van der Waals surface area contributed by atoms with Gasteiger partial charge in [-0.3, -0.25) is 4.79 Å². The predicted octanol–water partition coefficient (Wildman–Crippen LogP) is 1.31. The van der Waals surface area contributed by atoms with Gasteiger partial charge in [0.05, 0.1) is 6.54 Å². The first-order chi connectivity index (χ1) is 8.75. The Labute approximate surface area is 108 Å². The smallest absolute Gasteiger partial charge is 0.239 e. The first-order valence-corrected chi connectivity index (χ1v) is 6.51. The van der Waals surface area contributed by atoms with Gasteiger partial charge in [-0.05, 0) is 38.6 Å². The lowest BCUT2D eigenvalue weighted by molar-refractivity contribution is -0.119. The quantitative estimate of drug-likeness (QED) is 0.824. The summed E-state index contributed by atoms with van der Waals surface area (Å²) in [4.78, 5) is 14.0. The summed E-state index contributed by atoms with van der Waals surface area (Å²) in [7, 11) is 2.12. The van der Waals surface area contributed by atoms with E-state index in [-0.39, 0.29) is 5.91 Å². The van der Waals surface area contributed by atoms with Crippen molar-refractivity contribution in [2.45, 2.75) is 18.9 Å². The minimum absolute atomic E-state index is 0.0548. The van der Waals surface area contributed by atoms with E-state index in [0.717, 1.165) is 18.8 Å². The van der Waals surface area contributed by atoms with Gasteiger partial charge in [0.15, 0.2) is 0 Å². The second-order valence-corrected chi connectivity index (χ2v) is 4.80. The first kappa shape index (κ1) is 12.9. The van der Waals surface area contributed by atoms with Crippen molar-refractivity contribution in [3.8, 4) is 0 Å². The Hall–Kier alpha value is -1.55. The lowest BCUT2D eigenvalue weighted by Crippen LogP contribution is -2.40. The van der Waals surface area contributed by atoms with Crippen LogP contribution in [0.1, 0.15) is 12.8 Å². The van der Waals surface area contributed by atoms with Crippen LogP contribution in [-0.2, 0) is 4.79 Å². The van der Waals surface area contributed by atoms with Gasteiger partial charge in [-0.25, -0.2) is 0 Å². The summed E-state index contributed by atoms with van der Waals surface area (Å²) in [6.07, 6.45) is 2.42. The second kappa shape index (κ2) is 6.40. The molecule has 4 nitrogen and oxygen atoms in total. The highest BCUT2D eigenvalue weighted by atomic mass is 16.1. The minimum atomic E-state index is 0.0548. The van der Waals surface area contributed by atoms with Crippen molar-refractivity contribution in [1.29, 1.82) is 0 Å². The molecule has 1 aliphatic rings. The van der Waals surface area contributed by atoms with E-state index in [1.807, 2.05) is 30.3 Å². The van der Waals surface area contributed by atoms with E-state index in [1.165, 1.54) is 12.8 Å². The number of rotatable bonds is 5. The van der Waals surface area contributed by atoms with Gasteiger partial charge in [-0.2, -0.15) is 0 Å². The maximum absolute atomic E-state index is 11.7. The Kier molecular flexibility index (Phi) is 4.59. The van der Waals surface area contributed by atoms with Gasteiger partial charge in [0.1, 0.15) is 0 Å². The summed E-state index contributed by atoms with van der Waals surface area (Å²) in [5.74, 6) is 0.0548. The Morgan fingerprint density at radius 2 is 2.17 bits per heavy atom. The van der Waals surface area contributed by atoms with Crippen LogP contribution in [0, 0.1) is 0 Å². The van der Waals surface area contributed by atoms with Crippen molar-refractivity contribution >= 4 is 11.6 Å². The molecule has 1 heterocycles. The molecule has 0 aliphatic carbocycles. The van der Waals surface area contributed by atoms with Gasteiger partial charge in [-0.15, -0.1) is 0 Å². The average Bonchev–Trinajstić information content (AvgIpc) is 2.81. The number of hydrogen-bond donors (Lipinski definition) is 2. The Bertz CT molecular complexity index is 380. The predicted molar refractivity (Wildman–Crippen MR) is 73.6 cm³/mol. The molecule has 1 aromatic rings. The highest BCUT2D eigenvalue weighted by Crippen LogP contribution is 2.13. The third-order valence-corrected chi connectivity index (χ3v) is 3.43. The number of hydrogen-bond acceptors (Lipinski definition) is 3. The summed E-state index contributed by atoms with van der Waals surface area (Å²) in [5, 5.41) is 6.09. The highest BCUT2D eigenvalue weighted by Gasteiger charge is 2.20. The number of nitrogens with one attached hydrogen (secondary N) is 2. The van der Waals surface area contributed by atoms with E-state index in [0.29, 0.717) is 12.6 Å². The van der Waals surface area contributed by atoms with E-state index in [2.05, 4.69) is 22.6 Å². The fourth-order valence-electron chi connectivity index (χ4n) is 2.27. The third kappa shape index (κ3) is 3.74. The Morgan fingerprint density at radius 1 is 1.39 bits per heavy atom. The van der Waals surface area contributed by atoms with Crippen LogP contribution in [0.25, 0.3) is 0 Å². The fourth-order valence-corrected chi connectivity index (χ4v) is 2.27. The summed E-state index contributed by atoms with van der Waals surface area (Å²) in [6.45, 7) is 2.23. The number of nitrogens with zero attached hydrogens (tertiary/aromatic N) is 1. The normalized spacial score (nSPS) is 19.7. The van der Waals surface area contributed by atoms with Crippen LogP contribution in [0.3, 0.4) is 0 Å². The van der Waals surface area contributed by atoms with Crippen LogP contribution in [-0.4, -0.2) is 43.5 Å². The van der Waals surface area contributed by atoms with Crippen molar-refractivity contribution in [2.24, 2.45) is 0 Å². The molecule has 2 rings (SSSR count). The summed E-state index contributed by atoms with van der Waals surface area (Å²) >= 11 is 0. The van der Waals surface area contributed by atoms with Crippen LogP contribution >= 0.6 is 0 Å². The van der Waals surface area contributed by atoms with Gasteiger partial charge in [0.2, 0.25) is 5.91 Å². The summed E-state index contributed by atoms with van der Waals surface area (Å²) in [6, 6.07) is 10.3. The van der Waals surface area contributed by atoms with E-state index in [4.69, 9.17) is 0 Å². The van der Waals surface area contributed by atoms with E-state index in [9.17, 15) is 4.79 Å². The molecule has 1 unspecified atom stereocenters. The van der Waals surface area contributed by atoms with Crippen LogP contribution in [0.15, 0.2) is 30.3 Å². The van der Waals surface area contributed by atoms with E-state index < -0.39 is 0 Å². The maximum Gasteiger partial charge on any atom is 0.239 e. The number of anilines is 1. The molecule has 1 atom stereocenters. The zero-order valence-electron chi connectivity index (χ0n) is 10.9. The summed E-state index contributed by atoms with van der Waals surface area (Å²) in [5.41, 5.74) is 0.977. The lowest BCUT2D eigenvalue weighted by atomic mass is 10.2. The molecular weight excluding hydrogens is 226 g/mol. The van der Waals surface area contributed by atoms with Gasteiger partial charge >= 0.3 is 0 Å². The molecule has 4 heteroatoms. The topological polar surface area (TPSA) is 44.4 Å². The molecular formula is C14H21N3O. The molecule has 18 heavy (non-hydrogen) atoms. The number of likely N-dealkylation sites (tertiary alicyclic amines) is 1. The van der Waals surface area contributed by atoms with Gasteiger partial charge in [0.25, 0.3) is 0 Å². The average molecular weight is 247 g/mol. The van der Waals surface area contributed by atoms with Gasteiger partial charge < -0.3 is 15.5 Å². The van der Waals surface area contributed by atoms with Gasteiger partial charge in [-0.1, -0.05) is 18.2 Å². The SMILES string of the molecule is CN1CCCC1CNC(=O)CNc1ccccc1. The molecule has 0 spiro atoms. The Morgan fingerprint density at radius 3 is 2.83 bits per heavy atom. The van der Waals surface area contributed by atoms with Crippen LogP contribution < -0.4 is 10.6 Å². The maximum atomic E-state index is 11.7. The zero-order chi connectivity index (χ0) is 12.8. The van der Waals surface area contributed by atoms with Crippen LogP contribution in [0.4, 0.5) is 5.69 Å². The molecule has 0 radical (unpaired) electrons. The highest BCUT2D eigenvalue weighted by molar-refractivity contribution is 5.80.